The molecule has 8 heteroatoms. The van der Waals surface area contributed by atoms with E-state index in [2.05, 4.69) is 15.1 Å². The molecule has 0 fully saturated rings. The number of sulfonamides is 1. The first kappa shape index (κ1) is 19.4. The maximum atomic E-state index is 13.0. The normalized spacial score (nSPS) is 13.3. The summed E-state index contributed by atoms with van der Waals surface area (Å²) in [5, 5.41) is 7.39. The fraction of sp³-hybridized carbons (Fsp3) is 0.238. The Bertz CT molecular complexity index is 1180. The highest BCUT2D eigenvalue weighted by atomic mass is 32.2. The van der Waals surface area contributed by atoms with Gasteiger partial charge in [-0.05, 0) is 63.1 Å². The molecular formula is C21H22N4O3S. The van der Waals surface area contributed by atoms with E-state index in [-0.39, 0.29) is 10.8 Å². The molecule has 0 saturated carbocycles. The number of anilines is 1. The second kappa shape index (κ2) is 7.46. The minimum absolute atomic E-state index is 0.137. The summed E-state index contributed by atoms with van der Waals surface area (Å²) in [5.74, 6) is -0.338. The highest BCUT2D eigenvalue weighted by Gasteiger charge is 2.27. The van der Waals surface area contributed by atoms with Gasteiger partial charge in [-0.1, -0.05) is 24.3 Å². The maximum Gasteiger partial charge on any atom is 0.276 e. The zero-order valence-corrected chi connectivity index (χ0v) is 17.1. The van der Waals surface area contributed by atoms with Crippen molar-refractivity contribution in [3.8, 4) is 5.69 Å². The van der Waals surface area contributed by atoms with Crippen molar-refractivity contribution in [3.63, 3.8) is 0 Å². The van der Waals surface area contributed by atoms with Crippen LogP contribution < -0.4 is 10.0 Å². The number of carbonyl (C=O) groups is 1. The molecule has 4 rings (SSSR count). The second-order valence-electron chi connectivity index (χ2n) is 7.02. The molecule has 0 spiro atoms. The third-order valence-electron chi connectivity index (χ3n) is 5.15. The number of amides is 1. The first-order valence-electron chi connectivity index (χ1n) is 9.42. The lowest BCUT2D eigenvalue weighted by Gasteiger charge is -2.10. The van der Waals surface area contributed by atoms with Gasteiger partial charge in [0.1, 0.15) is 0 Å². The summed E-state index contributed by atoms with van der Waals surface area (Å²) >= 11 is 0. The highest BCUT2D eigenvalue weighted by molar-refractivity contribution is 7.89. The van der Waals surface area contributed by atoms with E-state index in [0.717, 1.165) is 36.2 Å². The van der Waals surface area contributed by atoms with Crippen LogP contribution in [0.15, 0.2) is 53.4 Å². The molecule has 2 aromatic carbocycles. The van der Waals surface area contributed by atoms with Crippen molar-refractivity contribution < 1.29 is 13.2 Å². The summed E-state index contributed by atoms with van der Waals surface area (Å²) in [7, 11) is -2.25. The van der Waals surface area contributed by atoms with E-state index >= 15 is 0 Å². The second-order valence-corrected chi connectivity index (χ2v) is 8.87. The quantitative estimate of drug-likeness (QED) is 0.676. The highest BCUT2D eigenvalue weighted by Crippen LogP contribution is 2.28. The molecule has 0 aliphatic heterocycles. The summed E-state index contributed by atoms with van der Waals surface area (Å²) in [6.07, 6.45) is 2.66. The molecule has 0 bridgehead atoms. The van der Waals surface area contributed by atoms with E-state index in [1.165, 1.54) is 13.1 Å². The van der Waals surface area contributed by atoms with Crippen LogP contribution in [0.25, 0.3) is 5.69 Å². The van der Waals surface area contributed by atoms with E-state index in [9.17, 15) is 13.2 Å². The Morgan fingerprint density at radius 2 is 1.86 bits per heavy atom. The molecule has 0 atom stereocenters. The van der Waals surface area contributed by atoms with Crippen LogP contribution in [0, 0.1) is 6.92 Å². The Morgan fingerprint density at radius 3 is 2.59 bits per heavy atom. The topological polar surface area (TPSA) is 93.1 Å². The Hall–Kier alpha value is -2.97. The molecule has 0 saturated heterocycles. The minimum atomic E-state index is -3.61. The number of nitrogens with zero attached hydrogens (tertiary/aromatic N) is 2. The van der Waals surface area contributed by atoms with E-state index < -0.39 is 10.0 Å². The Labute approximate surface area is 169 Å². The van der Waals surface area contributed by atoms with Crippen LogP contribution in [0.4, 0.5) is 5.69 Å². The zero-order valence-electron chi connectivity index (χ0n) is 16.3. The molecule has 0 radical (unpaired) electrons. The van der Waals surface area contributed by atoms with Crippen molar-refractivity contribution in [2.24, 2.45) is 0 Å². The van der Waals surface area contributed by atoms with Gasteiger partial charge in [0.25, 0.3) is 5.91 Å². The smallest absolute Gasteiger partial charge is 0.276 e. The molecule has 1 aromatic heterocycles. The molecule has 29 heavy (non-hydrogen) atoms. The number of fused-ring (bicyclic) bond motifs is 1. The van der Waals surface area contributed by atoms with Crippen molar-refractivity contribution in [1.29, 1.82) is 0 Å². The first-order valence-corrected chi connectivity index (χ1v) is 10.9. The number of carbonyl (C=O) groups excluding carboxylic acids is 1. The van der Waals surface area contributed by atoms with E-state index in [1.54, 1.807) is 19.1 Å². The molecule has 0 unspecified atom stereocenters. The predicted molar refractivity (Wildman–Crippen MR) is 111 cm³/mol. The van der Waals surface area contributed by atoms with Gasteiger partial charge in [-0.15, -0.1) is 0 Å². The number of benzene rings is 2. The molecule has 7 nitrogen and oxygen atoms in total. The van der Waals surface area contributed by atoms with Gasteiger partial charge in [0.15, 0.2) is 5.69 Å². The molecule has 1 heterocycles. The molecule has 1 aliphatic carbocycles. The molecule has 3 aromatic rings. The van der Waals surface area contributed by atoms with Crippen LogP contribution >= 0.6 is 0 Å². The summed E-state index contributed by atoms with van der Waals surface area (Å²) < 4.78 is 28.6. The number of nitrogens with one attached hydrogen (secondary N) is 2. The lowest BCUT2D eigenvalue weighted by Crippen LogP contribution is -2.20. The molecule has 2 N–H and O–H groups in total. The van der Waals surface area contributed by atoms with E-state index in [0.29, 0.717) is 16.9 Å². The molecule has 1 amide bonds. The van der Waals surface area contributed by atoms with Crippen molar-refractivity contribution in [1.82, 2.24) is 14.5 Å². The fourth-order valence-corrected chi connectivity index (χ4v) is 4.66. The third kappa shape index (κ3) is 3.56. The Kier molecular flexibility index (Phi) is 4.97. The number of aryl methyl sites for hydroxylation is 1. The van der Waals surface area contributed by atoms with Gasteiger partial charge in [0.05, 0.1) is 10.6 Å². The van der Waals surface area contributed by atoms with Crippen LogP contribution in [0.1, 0.15) is 33.7 Å². The molecule has 1 aliphatic rings. The van der Waals surface area contributed by atoms with E-state index in [4.69, 9.17) is 0 Å². The van der Waals surface area contributed by atoms with Crippen molar-refractivity contribution in [2.45, 2.75) is 31.1 Å². The van der Waals surface area contributed by atoms with Gasteiger partial charge < -0.3 is 5.32 Å². The summed E-state index contributed by atoms with van der Waals surface area (Å²) in [5.41, 5.74) is 4.34. The Morgan fingerprint density at radius 1 is 1.10 bits per heavy atom. The zero-order chi connectivity index (χ0) is 20.6. The SMILES string of the molecule is CNS(=O)(=O)c1cc(NC(=O)c2nn(-c3ccccc3)c3c2CCC3)ccc1C. The standard InChI is InChI=1S/C21H22N4O3S/c1-14-11-12-15(13-19(14)29(27,28)22-2)23-21(26)20-17-9-6-10-18(17)25(24-20)16-7-4-3-5-8-16/h3-5,7-8,11-13,22H,6,9-10H2,1-2H3,(H,23,26). The van der Waals surface area contributed by atoms with Crippen LogP contribution in [-0.4, -0.2) is 31.2 Å². The van der Waals surface area contributed by atoms with Gasteiger partial charge in [-0.3, -0.25) is 4.79 Å². The largest absolute Gasteiger partial charge is 0.321 e. The van der Waals surface area contributed by atoms with Crippen molar-refractivity contribution >= 4 is 21.6 Å². The van der Waals surface area contributed by atoms with Crippen molar-refractivity contribution in [2.75, 3.05) is 12.4 Å². The Balaban J connectivity index is 1.68. The van der Waals surface area contributed by atoms with Gasteiger partial charge in [-0.2, -0.15) is 5.10 Å². The average molecular weight is 410 g/mol. The van der Waals surface area contributed by atoms with Crippen LogP contribution in [0.3, 0.4) is 0 Å². The summed E-state index contributed by atoms with van der Waals surface area (Å²) in [6.45, 7) is 1.71. The third-order valence-corrected chi connectivity index (χ3v) is 6.71. The van der Waals surface area contributed by atoms with E-state index in [1.807, 2.05) is 35.0 Å². The summed E-state index contributed by atoms with van der Waals surface area (Å²) in [6, 6.07) is 14.6. The maximum absolute atomic E-state index is 13.0. The molecule has 150 valence electrons. The van der Waals surface area contributed by atoms with Gasteiger partial charge in [-0.25, -0.2) is 17.8 Å². The number of para-hydroxylation sites is 1. The number of hydrogen-bond donors (Lipinski definition) is 2. The van der Waals surface area contributed by atoms with Crippen LogP contribution in [0.2, 0.25) is 0 Å². The minimum Gasteiger partial charge on any atom is -0.321 e. The van der Waals surface area contributed by atoms with Gasteiger partial charge in [0, 0.05) is 16.9 Å². The summed E-state index contributed by atoms with van der Waals surface area (Å²) in [4.78, 5) is 13.1. The van der Waals surface area contributed by atoms with Crippen molar-refractivity contribution in [3.05, 3.63) is 71.0 Å². The van der Waals surface area contributed by atoms with Gasteiger partial charge in [0.2, 0.25) is 10.0 Å². The number of aromatic nitrogens is 2. The monoisotopic (exact) mass is 410 g/mol. The van der Waals surface area contributed by atoms with Gasteiger partial charge >= 0.3 is 0 Å². The number of rotatable bonds is 5. The predicted octanol–water partition coefficient (Wildman–Crippen LogP) is 2.83. The first-order chi connectivity index (χ1) is 13.9. The van der Waals surface area contributed by atoms with Crippen LogP contribution in [-0.2, 0) is 22.9 Å². The number of hydrogen-bond acceptors (Lipinski definition) is 4. The molecular weight excluding hydrogens is 388 g/mol. The average Bonchev–Trinajstić information content (AvgIpc) is 3.32. The fourth-order valence-electron chi connectivity index (χ4n) is 3.67. The van der Waals surface area contributed by atoms with Crippen LogP contribution in [0.5, 0.6) is 0 Å². The lowest BCUT2D eigenvalue weighted by atomic mass is 10.2. The lowest BCUT2D eigenvalue weighted by molar-refractivity contribution is 0.102.